The van der Waals surface area contributed by atoms with E-state index in [-0.39, 0.29) is 18.0 Å². The smallest absolute Gasteiger partial charge is 0.476 e. The molecule has 0 radical (unpaired) electrons. The maximum Gasteiger partial charge on any atom is 0.573 e. The van der Waals surface area contributed by atoms with Crippen molar-refractivity contribution in [3.05, 3.63) is 41.7 Å². The SMILES string of the molecule is CC(C)(NC(=O)Cn1cc(C(=O)O)nn1)c1ccc(OC(F)(F)F)cc1. The third-order valence-electron chi connectivity index (χ3n) is 3.32. The fraction of sp³-hybridized carbons (Fsp3) is 0.333. The van der Waals surface area contributed by atoms with Crippen LogP contribution in [0.1, 0.15) is 29.9 Å². The largest absolute Gasteiger partial charge is 0.573 e. The highest BCUT2D eigenvalue weighted by Gasteiger charge is 2.31. The molecular formula is C15H15F3N4O4. The van der Waals surface area contributed by atoms with E-state index in [9.17, 15) is 22.8 Å². The minimum absolute atomic E-state index is 0.265. The summed E-state index contributed by atoms with van der Waals surface area (Å²) in [4.78, 5) is 22.8. The third kappa shape index (κ3) is 5.19. The fourth-order valence-corrected chi connectivity index (χ4v) is 2.15. The van der Waals surface area contributed by atoms with E-state index < -0.39 is 23.8 Å². The number of aromatic carboxylic acids is 1. The fourth-order valence-electron chi connectivity index (χ4n) is 2.15. The van der Waals surface area contributed by atoms with Crippen LogP contribution in [-0.2, 0) is 16.9 Å². The van der Waals surface area contributed by atoms with Gasteiger partial charge < -0.3 is 15.2 Å². The Morgan fingerprint density at radius 2 is 1.85 bits per heavy atom. The molecule has 1 amide bonds. The minimum atomic E-state index is -4.78. The summed E-state index contributed by atoms with van der Waals surface area (Å²) < 4.78 is 41.4. The molecule has 0 aliphatic carbocycles. The Bertz CT molecular complexity index is 800. The number of nitrogens with zero attached hydrogens (tertiary/aromatic N) is 3. The average molecular weight is 372 g/mol. The first-order chi connectivity index (χ1) is 12.0. The van der Waals surface area contributed by atoms with Crippen molar-refractivity contribution < 1.29 is 32.6 Å². The van der Waals surface area contributed by atoms with Crippen LogP contribution in [0.3, 0.4) is 0 Å². The molecule has 0 aliphatic rings. The predicted molar refractivity (Wildman–Crippen MR) is 81.3 cm³/mol. The number of alkyl halides is 3. The van der Waals surface area contributed by atoms with Gasteiger partial charge in [-0.05, 0) is 31.5 Å². The van der Waals surface area contributed by atoms with E-state index in [2.05, 4.69) is 20.4 Å². The van der Waals surface area contributed by atoms with Crippen LogP contribution in [0.15, 0.2) is 30.5 Å². The molecular weight excluding hydrogens is 357 g/mol. The molecule has 0 unspecified atom stereocenters. The zero-order valence-corrected chi connectivity index (χ0v) is 13.7. The van der Waals surface area contributed by atoms with Crippen LogP contribution >= 0.6 is 0 Å². The second kappa shape index (κ2) is 7.02. The number of rotatable bonds is 6. The third-order valence-corrected chi connectivity index (χ3v) is 3.32. The molecule has 0 aliphatic heterocycles. The number of carbonyl (C=O) groups is 2. The van der Waals surface area contributed by atoms with Crippen LogP contribution in [-0.4, -0.2) is 38.3 Å². The first kappa shape index (κ1) is 19.2. The lowest BCUT2D eigenvalue weighted by Gasteiger charge is -2.27. The molecule has 1 aromatic carbocycles. The lowest BCUT2D eigenvalue weighted by Crippen LogP contribution is -2.42. The average Bonchev–Trinajstić information content (AvgIpc) is 2.94. The Morgan fingerprint density at radius 3 is 2.35 bits per heavy atom. The number of nitrogens with one attached hydrogen (secondary N) is 1. The lowest BCUT2D eigenvalue weighted by molar-refractivity contribution is -0.274. The Balaban J connectivity index is 2.02. The number of carboxylic acids is 1. The van der Waals surface area contributed by atoms with E-state index in [1.165, 1.54) is 12.1 Å². The highest BCUT2D eigenvalue weighted by atomic mass is 19.4. The van der Waals surface area contributed by atoms with Crippen LogP contribution < -0.4 is 10.1 Å². The molecule has 0 saturated heterocycles. The van der Waals surface area contributed by atoms with Gasteiger partial charge in [0.2, 0.25) is 5.91 Å². The number of amides is 1. The van der Waals surface area contributed by atoms with Crippen LogP contribution in [0.4, 0.5) is 13.2 Å². The van der Waals surface area contributed by atoms with Crippen molar-refractivity contribution in [2.45, 2.75) is 32.3 Å². The first-order valence-electron chi connectivity index (χ1n) is 7.27. The molecule has 0 saturated carbocycles. The molecule has 26 heavy (non-hydrogen) atoms. The van der Waals surface area contributed by atoms with Crippen molar-refractivity contribution in [3.63, 3.8) is 0 Å². The Hall–Kier alpha value is -3.11. The molecule has 1 aromatic heterocycles. The van der Waals surface area contributed by atoms with Crippen molar-refractivity contribution in [1.29, 1.82) is 0 Å². The second-order valence-corrected chi connectivity index (χ2v) is 5.85. The zero-order valence-electron chi connectivity index (χ0n) is 13.7. The number of halogens is 3. The van der Waals surface area contributed by atoms with Crippen molar-refractivity contribution in [2.24, 2.45) is 0 Å². The maximum absolute atomic E-state index is 12.2. The summed E-state index contributed by atoms with van der Waals surface area (Å²) in [5, 5.41) is 18.4. The number of hydrogen-bond acceptors (Lipinski definition) is 5. The highest BCUT2D eigenvalue weighted by Crippen LogP contribution is 2.26. The number of carboxylic acid groups (broad SMARTS) is 1. The molecule has 0 fully saturated rings. The van der Waals surface area contributed by atoms with Crippen molar-refractivity contribution in [2.75, 3.05) is 0 Å². The molecule has 2 rings (SSSR count). The monoisotopic (exact) mass is 372 g/mol. The van der Waals surface area contributed by atoms with Crippen LogP contribution in [0.5, 0.6) is 5.75 Å². The number of ether oxygens (including phenoxy) is 1. The van der Waals surface area contributed by atoms with Gasteiger partial charge in [0.1, 0.15) is 12.3 Å². The van der Waals surface area contributed by atoms with Gasteiger partial charge in [0.15, 0.2) is 5.69 Å². The van der Waals surface area contributed by atoms with Crippen molar-refractivity contribution >= 4 is 11.9 Å². The Kier molecular flexibility index (Phi) is 5.19. The summed E-state index contributed by atoms with van der Waals surface area (Å²) in [7, 11) is 0. The first-order valence-corrected chi connectivity index (χ1v) is 7.27. The molecule has 0 atom stereocenters. The normalized spacial score (nSPS) is 11.9. The van der Waals surface area contributed by atoms with Gasteiger partial charge in [-0.1, -0.05) is 17.3 Å². The van der Waals surface area contributed by atoms with Gasteiger partial charge in [-0.2, -0.15) is 0 Å². The van der Waals surface area contributed by atoms with Gasteiger partial charge in [0, 0.05) is 0 Å². The van der Waals surface area contributed by atoms with Crippen LogP contribution in [0.25, 0.3) is 0 Å². The quantitative estimate of drug-likeness (QED) is 0.803. The van der Waals surface area contributed by atoms with Gasteiger partial charge >= 0.3 is 12.3 Å². The Labute approximate surface area is 145 Å². The van der Waals surface area contributed by atoms with Gasteiger partial charge in [-0.25, -0.2) is 9.48 Å². The van der Waals surface area contributed by atoms with Crippen molar-refractivity contribution in [3.8, 4) is 5.75 Å². The molecule has 2 aromatic rings. The van der Waals surface area contributed by atoms with E-state index in [1.807, 2.05) is 0 Å². The summed E-state index contributed by atoms with van der Waals surface area (Å²) in [6, 6.07) is 5.10. The lowest BCUT2D eigenvalue weighted by atomic mass is 9.94. The van der Waals surface area contributed by atoms with Crippen molar-refractivity contribution in [1.82, 2.24) is 20.3 Å². The van der Waals surface area contributed by atoms with Crippen LogP contribution in [0.2, 0.25) is 0 Å². The van der Waals surface area contributed by atoms with E-state index in [4.69, 9.17) is 5.11 Å². The summed E-state index contributed by atoms with van der Waals surface area (Å²) in [5.41, 5.74) is -0.646. The summed E-state index contributed by atoms with van der Waals surface area (Å²) in [6.07, 6.45) is -3.67. The van der Waals surface area contributed by atoms with Crippen LogP contribution in [0, 0.1) is 0 Å². The summed E-state index contributed by atoms with van der Waals surface area (Å²) in [6.45, 7) is 3.06. The molecule has 0 spiro atoms. The van der Waals surface area contributed by atoms with E-state index >= 15 is 0 Å². The Morgan fingerprint density at radius 1 is 1.23 bits per heavy atom. The number of benzene rings is 1. The summed E-state index contributed by atoms with van der Waals surface area (Å²) >= 11 is 0. The number of aromatic nitrogens is 3. The number of hydrogen-bond donors (Lipinski definition) is 2. The van der Waals surface area contributed by atoms with E-state index in [0.29, 0.717) is 5.56 Å². The van der Waals surface area contributed by atoms with Gasteiger partial charge in [0.25, 0.3) is 0 Å². The molecule has 11 heteroatoms. The minimum Gasteiger partial charge on any atom is -0.476 e. The summed E-state index contributed by atoms with van der Waals surface area (Å²) in [5.74, 6) is -2.11. The standard InChI is InChI=1S/C15H15F3N4O4/c1-14(2,9-3-5-10(6-4-9)26-15(16,17)18)19-12(23)8-22-7-11(13(24)25)20-21-22/h3-7H,8H2,1-2H3,(H,19,23)(H,24,25). The zero-order chi connectivity index (χ0) is 19.5. The van der Waals surface area contributed by atoms with E-state index in [1.54, 1.807) is 13.8 Å². The number of carbonyl (C=O) groups excluding carboxylic acids is 1. The molecule has 8 nitrogen and oxygen atoms in total. The van der Waals surface area contributed by atoms with Gasteiger partial charge in [-0.15, -0.1) is 18.3 Å². The predicted octanol–water partition coefficient (Wildman–Crippen LogP) is 1.93. The van der Waals surface area contributed by atoms with Gasteiger partial charge in [-0.3, -0.25) is 4.79 Å². The topological polar surface area (TPSA) is 106 Å². The van der Waals surface area contributed by atoms with Gasteiger partial charge in [0.05, 0.1) is 11.7 Å². The van der Waals surface area contributed by atoms with E-state index in [0.717, 1.165) is 23.0 Å². The second-order valence-electron chi connectivity index (χ2n) is 5.85. The molecule has 140 valence electrons. The molecule has 0 bridgehead atoms. The molecule has 1 heterocycles. The highest BCUT2D eigenvalue weighted by molar-refractivity contribution is 5.84. The molecule has 2 N–H and O–H groups in total. The maximum atomic E-state index is 12.2.